The van der Waals surface area contributed by atoms with Crippen molar-refractivity contribution in [1.82, 2.24) is 10.6 Å². The van der Waals surface area contributed by atoms with Gasteiger partial charge in [0.2, 0.25) is 0 Å². The molecular formula is C47H50N2O2. The fraction of sp³-hybridized carbons (Fsp3) is 0.234. The van der Waals surface area contributed by atoms with Crippen LogP contribution in [0.25, 0.3) is 0 Å². The zero-order chi connectivity index (χ0) is 35.6. The first kappa shape index (κ1) is 36.0. The number of rotatable bonds is 16. The molecule has 0 amide bonds. The number of hydrogen-bond donors (Lipinski definition) is 4. The number of aliphatic hydroxyl groups is 2. The van der Waals surface area contributed by atoms with Crippen molar-refractivity contribution in [3.63, 3.8) is 0 Å². The summed E-state index contributed by atoms with van der Waals surface area (Å²) in [6, 6.07) is 60.1. The minimum Gasteiger partial charge on any atom is -0.379 e. The Morgan fingerprint density at radius 1 is 0.392 bits per heavy atom. The summed E-state index contributed by atoms with van der Waals surface area (Å²) in [6.07, 6.45) is 1.26. The third-order valence-corrected chi connectivity index (χ3v) is 10.1. The number of hydrogen-bond acceptors (Lipinski definition) is 4. The van der Waals surface area contributed by atoms with Crippen molar-refractivity contribution < 1.29 is 10.2 Å². The monoisotopic (exact) mass is 674 g/mol. The summed E-state index contributed by atoms with van der Waals surface area (Å²) in [4.78, 5) is 0. The number of benzene rings is 6. The second-order valence-corrected chi connectivity index (χ2v) is 14.4. The molecule has 4 heteroatoms. The van der Waals surface area contributed by atoms with Crippen LogP contribution in [0.3, 0.4) is 0 Å². The van der Waals surface area contributed by atoms with E-state index in [9.17, 15) is 10.2 Å². The van der Waals surface area contributed by atoms with Gasteiger partial charge in [0.05, 0.1) is 0 Å². The van der Waals surface area contributed by atoms with Gasteiger partial charge in [-0.05, 0) is 51.6 Å². The predicted octanol–water partition coefficient (Wildman–Crippen LogP) is 8.29. The van der Waals surface area contributed by atoms with E-state index in [-0.39, 0.29) is 17.5 Å². The first-order valence-electron chi connectivity index (χ1n) is 18.0. The molecule has 6 aromatic rings. The van der Waals surface area contributed by atoms with E-state index < -0.39 is 11.2 Å². The molecule has 2 atom stereocenters. The van der Waals surface area contributed by atoms with Gasteiger partial charge < -0.3 is 20.8 Å². The molecule has 0 unspecified atom stereocenters. The van der Waals surface area contributed by atoms with Crippen LogP contribution in [0.5, 0.6) is 0 Å². The van der Waals surface area contributed by atoms with E-state index in [1.54, 1.807) is 0 Å². The van der Waals surface area contributed by atoms with Gasteiger partial charge >= 0.3 is 0 Å². The molecule has 0 aromatic heterocycles. The second kappa shape index (κ2) is 16.5. The normalized spacial score (nSPS) is 13.4. The van der Waals surface area contributed by atoms with Gasteiger partial charge in [-0.15, -0.1) is 0 Å². The molecular weight excluding hydrogens is 625 g/mol. The maximum absolute atomic E-state index is 12.9. The third-order valence-electron chi connectivity index (χ3n) is 10.1. The van der Waals surface area contributed by atoms with Crippen LogP contribution in [0.2, 0.25) is 0 Å². The zero-order valence-electron chi connectivity index (χ0n) is 29.7. The maximum atomic E-state index is 12.9. The van der Waals surface area contributed by atoms with Gasteiger partial charge in [-0.1, -0.05) is 196 Å². The highest BCUT2D eigenvalue weighted by Crippen LogP contribution is 2.37. The molecule has 4 N–H and O–H groups in total. The van der Waals surface area contributed by atoms with Crippen molar-refractivity contribution in [2.45, 2.75) is 50.0 Å². The van der Waals surface area contributed by atoms with Gasteiger partial charge in [0, 0.05) is 25.2 Å². The van der Waals surface area contributed by atoms with Crippen molar-refractivity contribution in [2.75, 3.05) is 13.1 Å². The Hall–Kier alpha value is -4.84. The Labute approximate surface area is 303 Å². The molecule has 0 aliphatic heterocycles. The lowest BCUT2D eigenvalue weighted by Gasteiger charge is -2.42. The average Bonchev–Trinajstić information content (AvgIpc) is 3.19. The van der Waals surface area contributed by atoms with Crippen LogP contribution in [0, 0.1) is 5.41 Å². The molecule has 0 heterocycles. The minimum atomic E-state index is -1.29. The quantitative estimate of drug-likeness (QED) is 0.0835. The molecule has 6 aromatic carbocycles. The predicted molar refractivity (Wildman–Crippen MR) is 209 cm³/mol. The van der Waals surface area contributed by atoms with E-state index in [0.717, 1.165) is 33.4 Å². The summed E-state index contributed by atoms with van der Waals surface area (Å²) in [6.45, 7) is 5.71. The molecule has 0 radical (unpaired) electrons. The highest BCUT2D eigenvalue weighted by molar-refractivity contribution is 5.41. The van der Waals surface area contributed by atoms with Crippen LogP contribution in [0.15, 0.2) is 182 Å². The highest BCUT2D eigenvalue weighted by atomic mass is 16.3. The van der Waals surface area contributed by atoms with Gasteiger partial charge in [-0.2, -0.15) is 0 Å². The van der Waals surface area contributed by atoms with Crippen LogP contribution in [0.1, 0.15) is 47.2 Å². The molecule has 0 saturated carbocycles. The van der Waals surface area contributed by atoms with Crippen molar-refractivity contribution in [2.24, 2.45) is 5.41 Å². The fourth-order valence-electron chi connectivity index (χ4n) is 7.20. The first-order chi connectivity index (χ1) is 24.8. The largest absolute Gasteiger partial charge is 0.379 e. The Morgan fingerprint density at radius 3 is 0.882 bits per heavy atom. The summed E-state index contributed by atoms with van der Waals surface area (Å²) >= 11 is 0. The smallest absolute Gasteiger partial charge is 0.130 e. The summed E-state index contributed by atoms with van der Waals surface area (Å²) in [5.41, 5.74) is 2.82. The maximum Gasteiger partial charge on any atom is 0.130 e. The molecule has 0 fully saturated rings. The minimum absolute atomic E-state index is 0.271. The fourth-order valence-corrected chi connectivity index (χ4v) is 7.20. The number of nitrogens with one attached hydrogen (secondary N) is 2. The van der Waals surface area contributed by atoms with Crippen LogP contribution in [-0.2, 0) is 24.0 Å². The van der Waals surface area contributed by atoms with E-state index >= 15 is 0 Å². The molecule has 51 heavy (non-hydrogen) atoms. The second-order valence-electron chi connectivity index (χ2n) is 14.4. The van der Waals surface area contributed by atoms with Crippen molar-refractivity contribution >= 4 is 0 Å². The van der Waals surface area contributed by atoms with Gasteiger partial charge in [-0.25, -0.2) is 0 Å². The van der Waals surface area contributed by atoms with Gasteiger partial charge in [-0.3, -0.25) is 0 Å². The zero-order valence-corrected chi connectivity index (χ0v) is 29.7. The summed E-state index contributed by atoms with van der Waals surface area (Å²) < 4.78 is 0. The highest BCUT2D eigenvalue weighted by Gasteiger charge is 2.43. The van der Waals surface area contributed by atoms with E-state index in [2.05, 4.69) is 73.0 Å². The van der Waals surface area contributed by atoms with E-state index in [0.29, 0.717) is 25.9 Å². The van der Waals surface area contributed by atoms with Crippen molar-refractivity contribution in [3.8, 4) is 0 Å². The molecule has 4 nitrogen and oxygen atoms in total. The van der Waals surface area contributed by atoms with Crippen molar-refractivity contribution in [1.29, 1.82) is 0 Å². The topological polar surface area (TPSA) is 64.5 Å². The Balaban J connectivity index is 1.31. The SMILES string of the molecule is CC(C)(CN[C@H](Cc1ccccc1)C(O)(c1ccccc1)c1ccccc1)CN[C@H](Cc1ccccc1)C(O)(c1ccccc1)c1ccccc1. The molecule has 0 aliphatic rings. The van der Waals surface area contributed by atoms with Gasteiger partial charge in [0.1, 0.15) is 11.2 Å². The van der Waals surface area contributed by atoms with Crippen LogP contribution in [0.4, 0.5) is 0 Å². The molecule has 0 saturated heterocycles. The van der Waals surface area contributed by atoms with Crippen LogP contribution < -0.4 is 10.6 Å². The average molecular weight is 675 g/mol. The lowest BCUT2D eigenvalue weighted by Crippen LogP contribution is -2.56. The van der Waals surface area contributed by atoms with E-state index in [1.165, 1.54) is 0 Å². The van der Waals surface area contributed by atoms with Crippen LogP contribution in [-0.4, -0.2) is 35.4 Å². The Kier molecular flexibility index (Phi) is 11.6. The standard InChI is InChI=1S/C47H50N2O2/c1-45(2,35-48-43(33-37-21-9-3-10-22-37)46(50,39-25-13-5-14-26-39)40-27-15-6-16-28-40)36-49-44(34-38-23-11-4-12-24-38)47(51,41-29-17-7-18-30-41)42-31-19-8-20-32-42/h3-32,43-44,48-51H,33-36H2,1-2H3/t43-,44-/m1/s1. The summed E-state index contributed by atoms with van der Waals surface area (Å²) in [5, 5.41) is 33.5. The lowest BCUT2D eigenvalue weighted by molar-refractivity contribution is 0.0269. The molecule has 0 spiro atoms. The molecule has 0 bridgehead atoms. The first-order valence-corrected chi connectivity index (χ1v) is 18.0. The van der Waals surface area contributed by atoms with E-state index in [1.807, 2.05) is 133 Å². The van der Waals surface area contributed by atoms with Crippen molar-refractivity contribution in [3.05, 3.63) is 215 Å². The van der Waals surface area contributed by atoms with E-state index in [4.69, 9.17) is 0 Å². The molecule has 0 aliphatic carbocycles. The Bertz CT molecular complexity index is 1660. The lowest BCUT2D eigenvalue weighted by atomic mass is 9.76. The molecule has 260 valence electrons. The van der Waals surface area contributed by atoms with Gasteiger partial charge in [0.15, 0.2) is 0 Å². The summed E-state index contributed by atoms with van der Waals surface area (Å²) in [5.74, 6) is 0. The molecule has 6 rings (SSSR count). The Morgan fingerprint density at radius 2 is 0.627 bits per heavy atom. The van der Waals surface area contributed by atoms with Gasteiger partial charge in [0.25, 0.3) is 0 Å². The summed E-state index contributed by atoms with van der Waals surface area (Å²) in [7, 11) is 0. The third kappa shape index (κ3) is 8.56. The van der Waals surface area contributed by atoms with Crippen LogP contribution >= 0.6 is 0 Å².